The van der Waals surface area contributed by atoms with E-state index in [1.54, 1.807) is 19.1 Å². The first-order valence-electron chi connectivity index (χ1n) is 9.15. The summed E-state index contributed by atoms with van der Waals surface area (Å²) >= 11 is 0. The number of hydrogen-bond donors (Lipinski definition) is 3. The summed E-state index contributed by atoms with van der Waals surface area (Å²) in [4.78, 5) is 28.7. The fourth-order valence-corrected chi connectivity index (χ4v) is 3.12. The van der Waals surface area contributed by atoms with E-state index in [1.807, 2.05) is 18.2 Å². The van der Waals surface area contributed by atoms with Crippen molar-refractivity contribution in [3.8, 4) is 6.07 Å². The maximum absolute atomic E-state index is 12.7. The molecule has 0 aromatic heterocycles. The molecule has 0 atom stereocenters. The number of carbonyl (C=O) groups is 2. The van der Waals surface area contributed by atoms with Gasteiger partial charge in [-0.2, -0.15) is 5.26 Å². The molecule has 2 aliphatic rings. The van der Waals surface area contributed by atoms with Crippen molar-refractivity contribution < 1.29 is 14.3 Å². The van der Waals surface area contributed by atoms with Crippen LogP contribution in [-0.2, 0) is 14.3 Å². The van der Waals surface area contributed by atoms with E-state index in [1.165, 1.54) is 11.1 Å². The minimum absolute atomic E-state index is 0.0299. The second-order valence-electron chi connectivity index (χ2n) is 6.56. The van der Waals surface area contributed by atoms with E-state index in [9.17, 15) is 9.59 Å². The summed E-state index contributed by atoms with van der Waals surface area (Å²) in [6.07, 6.45) is 2.33. The standard InChI is InChI=1S/C20H22N6O3/c1-14-13-26(7-6-21)20(28)18(23-14)17(12-22)19(27)24-15-2-4-16(5-3-15)25-8-10-29-11-9-25/h2-5,12-13,22-23H,7-11H2,1H3,(H,24,27)/b18-17+,22-12?. The molecule has 0 saturated carbocycles. The molecule has 9 heteroatoms. The van der Waals surface area contributed by atoms with Gasteiger partial charge in [0.1, 0.15) is 12.2 Å². The predicted octanol–water partition coefficient (Wildman–Crippen LogP) is 1.18. The molecular weight excluding hydrogens is 372 g/mol. The summed E-state index contributed by atoms with van der Waals surface area (Å²) < 4.78 is 5.35. The average Bonchev–Trinajstić information content (AvgIpc) is 2.73. The molecule has 1 aromatic carbocycles. The first-order chi connectivity index (χ1) is 14.0. The smallest absolute Gasteiger partial charge is 0.276 e. The lowest BCUT2D eigenvalue weighted by Gasteiger charge is -2.29. The van der Waals surface area contributed by atoms with Crippen LogP contribution in [0, 0.1) is 16.7 Å². The van der Waals surface area contributed by atoms with Gasteiger partial charge in [0.15, 0.2) is 0 Å². The molecule has 29 heavy (non-hydrogen) atoms. The van der Waals surface area contributed by atoms with Gasteiger partial charge in [0.2, 0.25) is 0 Å². The van der Waals surface area contributed by atoms with E-state index in [0.717, 1.165) is 25.0 Å². The fourth-order valence-electron chi connectivity index (χ4n) is 3.12. The van der Waals surface area contributed by atoms with Crippen LogP contribution in [0.4, 0.5) is 11.4 Å². The van der Waals surface area contributed by atoms with E-state index in [0.29, 0.717) is 24.6 Å². The average molecular weight is 394 g/mol. The number of hydrogen-bond acceptors (Lipinski definition) is 7. The molecule has 9 nitrogen and oxygen atoms in total. The van der Waals surface area contributed by atoms with Gasteiger partial charge in [0.05, 0.1) is 24.9 Å². The van der Waals surface area contributed by atoms with Crippen LogP contribution >= 0.6 is 0 Å². The van der Waals surface area contributed by atoms with E-state index < -0.39 is 11.8 Å². The lowest BCUT2D eigenvalue weighted by atomic mass is 10.1. The van der Waals surface area contributed by atoms with Crippen molar-refractivity contribution >= 4 is 29.4 Å². The van der Waals surface area contributed by atoms with Crippen LogP contribution in [0.2, 0.25) is 0 Å². The minimum Gasteiger partial charge on any atom is -0.378 e. The Labute approximate surface area is 168 Å². The number of rotatable bonds is 5. The predicted molar refractivity (Wildman–Crippen MR) is 108 cm³/mol. The van der Waals surface area contributed by atoms with Gasteiger partial charge in [-0.15, -0.1) is 0 Å². The highest BCUT2D eigenvalue weighted by Crippen LogP contribution is 2.20. The maximum Gasteiger partial charge on any atom is 0.276 e. The second kappa shape index (κ2) is 9.03. The number of anilines is 2. The molecule has 150 valence electrons. The van der Waals surface area contributed by atoms with Crippen molar-refractivity contribution in [2.75, 3.05) is 43.1 Å². The van der Waals surface area contributed by atoms with Gasteiger partial charge in [-0.3, -0.25) is 14.5 Å². The Kier molecular flexibility index (Phi) is 6.26. The Balaban J connectivity index is 1.77. The van der Waals surface area contributed by atoms with Crippen molar-refractivity contribution in [3.63, 3.8) is 0 Å². The van der Waals surface area contributed by atoms with Gasteiger partial charge in [-0.25, -0.2) is 0 Å². The normalized spacial score (nSPS) is 18.3. The lowest BCUT2D eigenvalue weighted by Crippen LogP contribution is -2.40. The Morgan fingerprint density at radius 2 is 2.03 bits per heavy atom. The van der Waals surface area contributed by atoms with Gasteiger partial charge >= 0.3 is 0 Å². The van der Waals surface area contributed by atoms with E-state index in [-0.39, 0.29) is 17.8 Å². The van der Waals surface area contributed by atoms with Crippen LogP contribution in [0.1, 0.15) is 6.92 Å². The topological polar surface area (TPSA) is 122 Å². The summed E-state index contributed by atoms with van der Waals surface area (Å²) in [5.74, 6) is -1.12. The molecule has 3 rings (SSSR count). The van der Waals surface area contributed by atoms with Crippen LogP contribution in [-0.4, -0.2) is 55.8 Å². The van der Waals surface area contributed by atoms with Gasteiger partial charge in [-0.1, -0.05) is 0 Å². The largest absolute Gasteiger partial charge is 0.378 e. The van der Waals surface area contributed by atoms with E-state index in [4.69, 9.17) is 15.4 Å². The summed E-state index contributed by atoms with van der Waals surface area (Å²) in [5, 5.41) is 22.1. The molecule has 2 aliphatic heterocycles. The Morgan fingerprint density at radius 1 is 1.34 bits per heavy atom. The zero-order valence-electron chi connectivity index (χ0n) is 16.1. The van der Waals surface area contributed by atoms with E-state index >= 15 is 0 Å². The molecule has 0 radical (unpaired) electrons. The van der Waals surface area contributed by atoms with Crippen LogP contribution in [0.15, 0.2) is 47.4 Å². The molecule has 1 fully saturated rings. The number of nitrogens with one attached hydrogen (secondary N) is 3. The van der Waals surface area contributed by atoms with Crippen molar-refractivity contribution in [2.45, 2.75) is 6.92 Å². The van der Waals surface area contributed by atoms with Gasteiger partial charge < -0.3 is 25.7 Å². The van der Waals surface area contributed by atoms with Crippen LogP contribution in [0.5, 0.6) is 0 Å². The number of ether oxygens (including phenoxy) is 1. The minimum atomic E-state index is -0.582. The van der Waals surface area contributed by atoms with Crippen molar-refractivity contribution in [2.24, 2.45) is 0 Å². The highest BCUT2D eigenvalue weighted by molar-refractivity contribution is 6.21. The summed E-state index contributed by atoms with van der Waals surface area (Å²) in [7, 11) is 0. The molecule has 1 saturated heterocycles. The number of benzene rings is 1. The van der Waals surface area contributed by atoms with Crippen molar-refractivity contribution in [3.05, 3.63) is 47.4 Å². The molecule has 2 amide bonds. The number of amides is 2. The summed E-state index contributed by atoms with van der Waals surface area (Å²) in [6, 6.07) is 9.27. The number of nitrogens with zero attached hydrogens (tertiary/aromatic N) is 3. The zero-order valence-corrected chi connectivity index (χ0v) is 16.1. The Hall–Kier alpha value is -3.64. The molecule has 0 aliphatic carbocycles. The SMILES string of the molecule is CC1=CN(CC#N)C(=O)/C(=C(/C=N)C(=O)Nc2ccc(N3CCOCC3)cc2)N1. The van der Waals surface area contributed by atoms with Gasteiger partial charge in [0.25, 0.3) is 11.8 Å². The monoisotopic (exact) mass is 394 g/mol. The molecule has 1 aromatic rings. The number of morpholine rings is 1. The van der Waals surface area contributed by atoms with Crippen LogP contribution in [0.3, 0.4) is 0 Å². The Bertz CT molecular complexity index is 907. The third-order valence-corrected chi connectivity index (χ3v) is 4.55. The van der Waals surface area contributed by atoms with Crippen LogP contribution < -0.4 is 15.5 Å². The molecule has 3 N–H and O–H groups in total. The third-order valence-electron chi connectivity index (χ3n) is 4.55. The molecular formula is C20H22N6O3. The maximum atomic E-state index is 12.7. The first-order valence-corrected chi connectivity index (χ1v) is 9.15. The summed E-state index contributed by atoms with van der Waals surface area (Å²) in [5.41, 5.74) is 2.04. The van der Waals surface area contributed by atoms with Crippen molar-refractivity contribution in [1.29, 1.82) is 10.7 Å². The quantitative estimate of drug-likeness (QED) is 0.392. The van der Waals surface area contributed by atoms with E-state index in [2.05, 4.69) is 15.5 Å². The number of carbonyl (C=O) groups excluding carboxylic acids is 2. The molecule has 2 heterocycles. The fraction of sp³-hybridized carbons (Fsp3) is 0.300. The van der Waals surface area contributed by atoms with Crippen molar-refractivity contribution in [1.82, 2.24) is 10.2 Å². The highest BCUT2D eigenvalue weighted by Gasteiger charge is 2.27. The lowest BCUT2D eigenvalue weighted by molar-refractivity contribution is -0.125. The second-order valence-corrected chi connectivity index (χ2v) is 6.56. The highest BCUT2D eigenvalue weighted by atomic mass is 16.5. The summed E-state index contributed by atoms with van der Waals surface area (Å²) in [6.45, 7) is 4.57. The zero-order chi connectivity index (χ0) is 20.8. The molecule has 0 spiro atoms. The first kappa shape index (κ1) is 20.1. The van der Waals surface area contributed by atoms with Gasteiger partial charge in [-0.05, 0) is 31.2 Å². The Morgan fingerprint density at radius 3 is 2.66 bits per heavy atom. The van der Waals surface area contributed by atoms with Crippen LogP contribution in [0.25, 0.3) is 0 Å². The number of allylic oxidation sites excluding steroid dienone is 1. The molecule has 0 bridgehead atoms. The molecule has 0 unspecified atom stereocenters. The van der Waals surface area contributed by atoms with Gasteiger partial charge in [0, 0.05) is 42.6 Å². The third kappa shape index (κ3) is 4.62. The number of nitriles is 1.